The Balaban J connectivity index is 1.75. The van der Waals surface area contributed by atoms with E-state index in [0.29, 0.717) is 5.92 Å². The first-order chi connectivity index (χ1) is 11.6. The maximum Gasteiger partial charge on any atom is 0.191 e. The van der Waals surface area contributed by atoms with Crippen LogP contribution in [0.2, 0.25) is 0 Å². The maximum atomic E-state index is 5.88. The van der Waals surface area contributed by atoms with Gasteiger partial charge in [-0.2, -0.15) is 0 Å². The van der Waals surface area contributed by atoms with Crippen LogP contribution in [0.5, 0.6) is 0 Å². The smallest absolute Gasteiger partial charge is 0.191 e. The SMILES string of the molecule is CN=C(NCc1cccc(C)c1)NCC1CN(CC(C)C)CCO1. The molecule has 1 saturated heterocycles. The van der Waals surface area contributed by atoms with Gasteiger partial charge in [0, 0.05) is 39.8 Å². The van der Waals surface area contributed by atoms with E-state index < -0.39 is 0 Å². The van der Waals surface area contributed by atoms with Crippen LogP contribution < -0.4 is 10.6 Å². The van der Waals surface area contributed by atoms with Crippen molar-refractivity contribution in [3.63, 3.8) is 0 Å². The highest BCUT2D eigenvalue weighted by Gasteiger charge is 2.20. The van der Waals surface area contributed by atoms with Crippen LogP contribution in [0.1, 0.15) is 25.0 Å². The fraction of sp³-hybridized carbons (Fsp3) is 0.632. The van der Waals surface area contributed by atoms with Crippen molar-refractivity contribution in [1.29, 1.82) is 0 Å². The van der Waals surface area contributed by atoms with Crippen LogP contribution in [0.15, 0.2) is 29.3 Å². The lowest BCUT2D eigenvalue weighted by Gasteiger charge is -2.34. The first-order valence-corrected chi connectivity index (χ1v) is 8.91. The normalized spacial score (nSPS) is 19.5. The molecule has 0 radical (unpaired) electrons. The van der Waals surface area contributed by atoms with Crippen molar-refractivity contribution in [3.05, 3.63) is 35.4 Å². The van der Waals surface area contributed by atoms with Crippen molar-refractivity contribution in [3.8, 4) is 0 Å². The molecule has 1 unspecified atom stereocenters. The maximum absolute atomic E-state index is 5.88. The predicted molar refractivity (Wildman–Crippen MR) is 100 cm³/mol. The van der Waals surface area contributed by atoms with Crippen LogP contribution in [0.25, 0.3) is 0 Å². The summed E-state index contributed by atoms with van der Waals surface area (Å²) in [7, 11) is 1.80. The second kappa shape index (κ2) is 9.64. The Hall–Kier alpha value is -1.59. The molecule has 0 bridgehead atoms. The van der Waals surface area contributed by atoms with Gasteiger partial charge >= 0.3 is 0 Å². The molecule has 1 aromatic carbocycles. The third-order valence-corrected chi connectivity index (χ3v) is 4.11. The number of hydrogen-bond acceptors (Lipinski definition) is 3. The molecule has 0 saturated carbocycles. The highest BCUT2D eigenvalue weighted by atomic mass is 16.5. The molecular weight excluding hydrogens is 300 g/mol. The average molecular weight is 332 g/mol. The Kier molecular flexibility index (Phi) is 7.53. The van der Waals surface area contributed by atoms with Gasteiger partial charge < -0.3 is 15.4 Å². The van der Waals surface area contributed by atoms with Gasteiger partial charge in [-0.05, 0) is 18.4 Å². The van der Waals surface area contributed by atoms with Crippen molar-refractivity contribution in [1.82, 2.24) is 15.5 Å². The summed E-state index contributed by atoms with van der Waals surface area (Å²) in [4.78, 5) is 6.79. The molecule has 1 aliphatic heterocycles. The highest BCUT2D eigenvalue weighted by molar-refractivity contribution is 5.79. The summed E-state index contributed by atoms with van der Waals surface area (Å²) in [5.41, 5.74) is 2.54. The summed E-state index contributed by atoms with van der Waals surface area (Å²) in [6.07, 6.45) is 0.218. The molecule has 0 spiro atoms. The lowest BCUT2D eigenvalue weighted by atomic mass is 10.1. The molecule has 5 heteroatoms. The molecule has 2 N–H and O–H groups in total. The molecular formula is C19H32N4O. The van der Waals surface area contributed by atoms with E-state index in [1.54, 1.807) is 7.05 Å². The second-order valence-corrected chi connectivity index (χ2v) is 6.94. The third kappa shape index (κ3) is 6.49. The number of nitrogens with one attached hydrogen (secondary N) is 2. The van der Waals surface area contributed by atoms with Crippen molar-refractivity contribution >= 4 is 5.96 Å². The van der Waals surface area contributed by atoms with Crippen LogP contribution in [-0.4, -0.2) is 56.8 Å². The van der Waals surface area contributed by atoms with E-state index in [-0.39, 0.29) is 6.10 Å². The molecule has 24 heavy (non-hydrogen) atoms. The van der Waals surface area contributed by atoms with Crippen molar-refractivity contribution < 1.29 is 4.74 Å². The van der Waals surface area contributed by atoms with Gasteiger partial charge in [0.2, 0.25) is 0 Å². The van der Waals surface area contributed by atoms with E-state index in [9.17, 15) is 0 Å². The molecule has 1 fully saturated rings. The Bertz CT molecular complexity index is 530. The minimum absolute atomic E-state index is 0.218. The molecule has 1 aromatic rings. The van der Waals surface area contributed by atoms with E-state index in [2.05, 4.69) is 65.6 Å². The third-order valence-electron chi connectivity index (χ3n) is 4.11. The van der Waals surface area contributed by atoms with E-state index in [1.165, 1.54) is 11.1 Å². The number of nitrogens with zero attached hydrogens (tertiary/aromatic N) is 2. The lowest BCUT2D eigenvalue weighted by Crippen LogP contribution is -2.50. The summed E-state index contributed by atoms with van der Waals surface area (Å²) in [6.45, 7) is 12.2. The number of benzene rings is 1. The predicted octanol–water partition coefficient (Wildman–Crippen LogP) is 2.02. The Labute approximate surface area is 146 Å². The fourth-order valence-corrected chi connectivity index (χ4v) is 3.03. The van der Waals surface area contributed by atoms with Gasteiger partial charge in [-0.1, -0.05) is 43.7 Å². The summed E-state index contributed by atoms with van der Waals surface area (Å²) in [6, 6.07) is 8.51. The van der Waals surface area contributed by atoms with Crippen LogP contribution in [0, 0.1) is 12.8 Å². The van der Waals surface area contributed by atoms with Crippen LogP contribution in [0.3, 0.4) is 0 Å². The zero-order valence-electron chi connectivity index (χ0n) is 15.5. The summed E-state index contributed by atoms with van der Waals surface area (Å²) < 4.78 is 5.88. The quantitative estimate of drug-likeness (QED) is 0.618. The average Bonchev–Trinajstić information content (AvgIpc) is 2.55. The summed E-state index contributed by atoms with van der Waals surface area (Å²) >= 11 is 0. The number of guanidine groups is 1. The zero-order valence-corrected chi connectivity index (χ0v) is 15.5. The molecule has 0 amide bonds. The molecule has 2 rings (SSSR count). The largest absolute Gasteiger partial charge is 0.374 e. The number of hydrogen-bond donors (Lipinski definition) is 2. The van der Waals surface area contributed by atoms with Crippen molar-refractivity contribution in [2.24, 2.45) is 10.9 Å². The number of aryl methyl sites for hydroxylation is 1. The molecule has 1 heterocycles. The first-order valence-electron chi connectivity index (χ1n) is 8.91. The molecule has 1 atom stereocenters. The van der Waals surface area contributed by atoms with Gasteiger partial charge in [0.25, 0.3) is 0 Å². The Morgan fingerprint density at radius 2 is 2.21 bits per heavy atom. The Morgan fingerprint density at radius 3 is 2.92 bits per heavy atom. The molecule has 134 valence electrons. The van der Waals surface area contributed by atoms with Crippen LogP contribution in [-0.2, 0) is 11.3 Å². The standard InChI is InChI=1S/C19H32N4O/c1-15(2)13-23-8-9-24-18(14-23)12-22-19(20-4)21-11-17-7-5-6-16(3)10-17/h5-7,10,15,18H,8-9,11-14H2,1-4H3,(H2,20,21,22). The first kappa shape index (κ1) is 18.7. The molecule has 0 aliphatic carbocycles. The number of rotatable bonds is 6. The lowest BCUT2D eigenvalue weighted by molar-refractivity contribution is -0.0284. The summed E-state index contributed by atoms with van der Waals surface area (Å²) in [5, 5.41) is 6.75. The molecule has 1 aliphatic rings. The minimum atomic E-state index is 0.218. The fourth-order valence-electron chi connectivity index (χ4n) is 3.03. The highest BCUT2D eigenvalue weighted by Crippen LogP contribution is 2.07. The van der Waals surface area contributed by atoms with Crippen LogP contribution >= 0.6 is 0 Å². The van der Waals surface area contributed by atoms with Gasteiger partial charge in [-0.3, -0.25) is 9.89 Å². The van der Waals surface area contributed by atoms with Crippen molar-refractivity contribution in [2.45, 2.75) is 33.4 Å². The second-order valence-electron chi connectivity index (χ2n) is 6.94. The number of aliphatic imine (C=N–C) groups is 1. The monoisotopic (exact) mass is 332 g/mol. The zero-order chi connectivity index (χ0) is 17.4. The van der Waals surface area contributed by atoms with Gasteiger partial charge in [0.05, 0.1) is 12.7 Å². The summed E-state index contributed by atoms with van der Waals surface area (Å²) in [5.74, 6) is 1.52. The number of ether oxygens (including phenoxy) is 1. The van der Waals surface area contributed by atoms with Crippen LogP contribution in [0.4, 0.5) is 0 Å². The van der Waals surface area contributed by atoms with E-state index in [4.69, 9.17) is 4.74 Å². The Morgan fingerprint density at radius 1 is 1.38 bits per heavy atom. The molecule has 5 nitrogen and oxygen atoms in total. The van der Waals surface area contributed by atoms with E-state index in [0.717, 1.165) is 45.3 Å². The number of morpholine rings is 1. The van der Waals surface area contributed by atoms with Gasteiger partial charge in [0.1, 0.15) is 0 Å². The van der Waals surface area contributed by atoms with Crippen molar-refractivity contribution in [2.75, 3.05) is 39.8 Å². The van der Waals surface area contributed by atoms with Gasteiger partial charge in [-0.15, -0.1) is 0 Å². The van der Waals surface area contributed by atoms with E-state index >= 15 is 0 Å². The van der Waals surface area contributed by atoms with E-state index in [1.807, 2.05) is 0 Å². The minimum Gasteiger partial charge on any atom is -0.374 e. The van der Waals surface area contributed by atoms with Gasteiger partial charge in [0.15, 0.2) is 5.96 Å². The topological polar surface area (TPSA) is 48.9 Å². The van der Waals surface area contributed by atoms with Gasteiger partial charge in [-0.25, -0.2) is 0 Å². The molecule has 0 aromatic heterocycles.